The molecule has 2 rings (SSSR count). The maximum Gasteiger partial charge on any atom is 0.407 e. The van der Waals surface area contributed by atoms with E-state index in [0.717, 1.165) is 15.6 Å². The van der Waals surface area contributed by atoms with Crippen LogP contribution in [0.3, 0.4) is 0 Å². The summed E-state index contributed by atoms with van der Waals surface area (Å²) in [6, 6.07) is 8.97. The third-order valence-electron chi connectivity index (χ3n) is 3.76. The molecule has 4 nitrogen and oxygen atoms in total. The van der Waals surface area contributed by atoms with Gasteiger partial charge in [-0.15, -0.1) is 0 Å². The third kappa shape index (κ3) is 4.97. The van der Waals surface area contributed by atoms with Crippen molar-refractivity contribution in [3.63, 3.8) is 0 Å². The van der Waals surface area contributed by atoms with Gasteiger partial charge in [-0.25, -0.2) is 9.18 Å². The average Bonchev–Trinajstić information content (AvgIpc) is 2.54. The van der Waals surface area contributed by atoms with Crippen molar-refractivity contribution in [2.45, 2.75) is 39.8 Å². The van der Waals surface area contributed by atoms with Crippen molar-refractivity contribution >= 4 is 22.0 Å². The number of carbonyl (C=O) groups is 1. The van der Waals surface area contributed by atoms with E-state index >= 15 is 0 Å². The van der Waals surface area contributed by atoms with Crippen LogP contribution >= 0.6 is 15.9 Å². The Bertz CT molecular complexity index is 815. The molecule has 0 fully saturated rings. The Morgan fingerprint density at radius 3 is 2.58 bits per heavy atom. The van der Waals surface area contributed by atoms with Crippen molar-refractivity contribution in [3.05, 3.63) is 51.7 Å². The number of hydrogen-bond acceptors (Lipinski definition) is 3. The fourth-order valence-corrected chi connectivity index (χ4v) is 2.88. The molecule has 0 spiro atoms. The highest BCUT2D eigenvalue weighted by Crippen LogP contribution is 2.33. The second-order valence-corrected chi connectivity index (χ2v) is 7.76. The zero-order chi connectivity index (χ0) is 19.5. The van der Waals surface area contributed by atoms with Crippen LogP contribution in [0.2, 0.25) is 0 Å². The van der Waals surface area contributed by atoms with E-state index in [0.29, 0.717) is 11.3 Å². The summed E-state index contributed by atoms with van der Waals surface area (Å²) in [5.41, 5.74) is 2.28. The maximum absolute atomic E-state index is 14.7. The van der Waals surface area contributed by atoms with Crippen molar-refractivity contribution < 1.29 is 18.7 Å². The van der Waals surface area contributed by atoms with Crippen molar-refractivity contribution in [2.75, 3.05) is 7.11 Å². The number of nitrogens with one attached hydrogen (secondary N) is 1. The molecule has 0 saturated carbocycles. The molecule has 140 valence electrons. The highest BCUT2D eigenvalue weighted by molar-refractivity contribution is 9.10. The third-order valence-corrected chi connectivity index (χ3v) is 4.62. The van der Waals surface area contributed by atoms with Crippen LogP contribution in [0.1, 0.15) is 31.9 Å². The Balaban J connectivity index is 2.30. The molecule has 0 saturated heterocycles. The SMILES string of the molecule is COc1cc(-c2cccc(Br)c2C)cc(F)c1CNC(=O)OC(C)(C)C. The first-order valence-electron chi connectivity index (χ1n) is 8.21. The van der Waals surface area contributed by atoms with E-state index in [-0.39, 0.29) is 12.1 Å². The van der Waals surface area contributed by atoms with Gasteiger partial charge in [0, 0.05) is 10.0 Å². The molecule has 0 aliphatic carbocycles. The monoisotopic (exact) mass is 423 g/mol. The molecule has 1 amide bonds. The smallest absolute Gasteiger partial charge is 0.407 e. The predicted octanol–water partition coefficient (Wildman–Crippen LogP) is 5.60. The summed E-state index contributed by atoms with van der Waals surface area (Å²) >= 11 is 3.49. The van der Waals surface area contributed by atoms with Crippen LogP contribution in [-0.2, 0) is 11.3 Å². The Morgan fingerprint density at radius 2 is 1.96 bits per heavy atom. The van der Waals surface area contributed by atoms with E-state index in [4.69, 9.17) is 9.47 Å². The zero-order valence-corrected chi connectivity index (χ0v) is 17.2. The quantitative estimate of drug-likeness (QED) is 0.696. The van der Waals surface area contributed by atoms with E-state index in [2.05, 4.69) is 21.2 Å². The molecule has 0 unspecified atom stereocenters. The summed E-state index contributed by atoms with van der Waals surface area (Å²) in [6.07, 6.45) is -0.606. The first kappa shape index (κ1) is 20.2. The van der Waals surface area contributed by atoms with Crippen LogP contribution in [-0.4, -0.2) is 18.8 Å². The Morgan fingerprint density at radius 1 is 1.27 bits per heavy atom. The number of alkyl carbamates (subject to hydrolysis) is 1. The minimum absolute atomic E-state index is 0.0261. The van der Waals surface area contributed by atoms with Gasteiger partial charge in [0.05, 0.1) is 13.7 Å². The van der Waals surface area contributed by atoms with Crippen LogP contribution in [0.25, 0.3) is 11.1 Å². The lowest BCUT2D eigenvalue weighted by Gasteiger charge is -2.20. The van der Waals surface area contributed by atoms with E-state index < -0.39 is 17.5 Å². The van der Waals surface area contributed by atoms with Gasteiger partial charge in [0.1, 0.15) is 17.2 Å². The standard InChI is InChI=1S/C20H23BrFNO3/c1-12-14(7-6-8-16(12)21)13-9-17(22)15(18(10-13)25-5)11-23-19(24)26-20(2,3)4/h6-10H,11H2,1-5H3,(H,23,24). The highest BCUT2D eigenvalue weighted by atomic mass is 79.9. The molecule has 0 atom stereocenters. The first-order valence-corrected chi connectivity index (χ1v) is 9.00. The van der Waals surface area contributed by atoms with Gasteiger partial charge < -0.3 is 14.8 Å². The van der Waals surface area contributed by atoms with Gasteiger partial charge in [0.25, 0.3) is 0 Å². The molecule has 0 aliphatic heterocycles. The molecule has 0 radical (unpaired) electrons. The van der Waals surface area contributed by atoms with Crippen LogP contribution in [0.15, 0.2) is 34.8 Å². The van der Waals surface area contributed by atoms with Gasteiger partial charge in [0.2, 0.25) is 0 Å². The lowest BCUT2D eigenvalue weighted by molar-refractivity contribution is 0.0523. The summed E-state index contributed by atoms with van der Waals surface area (Å²) in [7, 11) is 1.48. The molecule has 2 aromatic carbocycles. The topological polar surface area (TPSA) is 47.6 Å². The number of rotatable bonds is 4. The Hall–Kier alpha value is -2.08. The van der Waals surface area contributed by atoms with E-state index in [9.17, 15) is 9.18 Å². The lowest BCUT2D eigenvalue weighted by Crippen LogP contribution is -2.32. The number of amides is 1. The van der Waals surface area contributed by atoms with E-state index in [1.165, 1.54) is 13.2 Å². The van der Waals surface area contributed by atoms with Crippen molar-refractivity contribution in [3.8, 4) is 16.9 Å². The van der Waals surface area contributed by atoms with Crippen molar-refractivity contribution in [1.29, 1.82) is 0 Å². The molecule has 0 heterocycles. The fraction of sp³-hybridized carbons (Fsp3) is 0.350. The number of carbonyl (C=O) groups excluding carboxylic acids is 1. The number of hydrogen-bond donors (Lipinski definition) is 1. The maximum atomic E-state index is 14.7. The highest BCUT2D eigenvalue weighted by Gasteiger charge is 2.18. The molecular weight excluding hydrogens is 401 g/mol. The Labute approximate surface area is 161 Å². The predicted molar refractivity (Wildman–Crippen MR) is 104 cm³/mol. The number of benzene rings is 2. The van der Waals surface area contributed by atoms with Gasteiger partial charge >= 0.3 is 6.09 Å². The van der Waals surface area contributed by atoms with E-state index in [1.807, 2.05) is 25.1 Å². The second-order valence-electron chi connectivity index (χ2n) is 6.91. The summed E-state index contributed by atoms with van der Waals surface area (Å²) < 4.78 is 26.2. The Kier molecular flexibility index (Phi) is 6.29. The zero-order valence-electron chi connectivity index (χ0n) is 15.6. The lowest BCUT2D eigenvalue weighted by atomic mass is 9.98. The summed E-state index contributed by atoms with van der Waals surface area (Å²) in [5.74, 6) is -0.0785. The van der Waals surface area contributed by atoms with Gasteiger partial charge in [-0.05, 0) is 62.6 Å². The largest absolute Gasteiger partial charge is 0.496 e. The van der Waals surface area contributed by atoms with Gasteiger partial charge in [0.15, 0.2) is 0 Å². The average molecular weight is 424 g/mol. The number of methoxy groups -OCH3 is 1. The minimum Gasteiger partial charge on any atom is -0.496 e. The van der Waals surface area contributed by atoms with Crippen LogP contribution < -0.4 is 10.1 Å². The summed E-state index contributed by atoms with van der Waals surface area (Å²) in [4.78, 5) is 11.8. The van der Waals surface area contributed by atoms with Gasteiger partial charge in [-0.1, -0.05) is 28.1 Å². The molecule has 6 heteroatoms. The minimum atomic E-state index is -0.616. The second kappa shape index (κ2) is 8.08. The number of ether oxygens (including phenoxy) is 2. The molecule has 0 bridgehead atoms. The van der Waals surface area contributed by atoms with Crippen molar-refractivity contribution in [2.24, 2.45) is 0 Å². The summed E-state index contributed by atoms with van der Waals surface area (Å²) in [6.45, 7) is 7.23. The van der Waals surface area contributed by atoms with Crippen molar-refractivity contribution in [1.82, 2.24) is 5.32 Å². The molecule has 0 aliphatic rings. The van der Waals surface area contributed by atoms with Gasteiger partial charge in [-0.2, -0.15) is 0 Å². The van der Waals surface area contributed by atoms with Crippen LogP contribution in [0.5, 0.6) is 5.75 Å². The first-order chi connectivity index (χ1) is 12.1. The molecule has 2 aromatic rings. The normalized spacial score (nSPS) is 11.2. The van der Waals surface area contributed by atoms with Gasteiger partial charge in [-0.3, -0.25) is 0 Å². The van der Waals surface area contributed by atoms with Crippen LogP contribution in [0.4, 0.5) is 9.18 Å². The van der Waals surface area contributed by atoms with Crippen LogP contribution in [0, 0.1) is 12.7 Å². The summed E-state index contributed by atoms with van der Waals surface area (Å²) in [5, 5.41) is 2.56. The molecule has 26 heavy (non-hydrogen) atoms. The van der Waals surface area contributed by atoms with E-state index in [1.54, 1.807) is 26.8 Å². The molecular formula is C20H23BrFNO3. The molecule has 1 N–H and O–H groups in total. The fourth-order valence-electron chi connectivity index (χ4n) is 2.52. The number of halogens is 2. The molecule has 0 aromatic heterocycles.